The third kappa shape index (κ3) is 3.70. The summed E-state index contributed by atoms with van der Waals surface area (Å²) in [5.41, 5.74) is 0.883. The molecule has 3 atom stereocenters. The number of methoxy groups -OCH3 is 1. The van der Waals surface area contributed by atoms with Crippen molar-refractivity contribution in [2.75, 3.05) is 18.6 Å². The zero-order valence-corrected chi connectivity index (χ0v) is 17.2. The Balaban J connectivity index is 1.54. The van der Waals surface area contributed by atoms with Crippen LogP contribution in [0.2, 0.25) is 0 Å². The average Bonchev–Trinajstić information content (AvgIpc) is 3.01. The third-order valence-corrected chi connectivity index (χ3v) is 6.04. The molecule has 4 rings (SSSR count). The van der Waals surface area contributed by atoms with Crippen LogP contribution in [0.15, 0.2) is 48.5 Å². The monoisotopic (exact) mass is 407 g/mol. The van der Waals surface area contributed by atoms with Crippen LogP contribution in [0.1, 0.15) is 36.5 Å². The number of rotatable bonds is 6. The van der Waals surface area contributed by atoms with E-state index in [1.165, 1.54) is 4.90 Å². The quantitative estimate of drug-likeness (QED) is 0.537. The molecule has 2 aromatic rings. The molecule has 6 heteroatoms. The lowest BCUT2D eigenvalue weighted by atomic mass is 9.76. The van der Waals surface area contributed by atoms with E-state index in [2.05, 4.69) is 6.92 Å². The fourth-order valence-electron chi connectivity index (χ4n) is 4.41. The molecule has 2 aromatic carbocycles. The number of ether oxygens (including phenoxy) is 2. The van der Waals surface area contributed by atoms with Gasteiger partial charge in [-0.05, 0) is 49.4 Å². The minimum atomic E-state index is -0.257. The SMILES string of the molecule is COc1cccc(C(=O)COc2ccccc2N2C(=O)[C@H]3CC[C@H](C)C[C@@H]3C2=O)c1. The molecular formula is C24H25NO5. The number of anilines is 1. The topological polar surface area (TPSA) is 72.9 Å². The highest BCUT2D eigenvalue weighted by Crippen LogP contribution is 2.44. The van der Waals surface area contributed by atoms with E-state index >= 15 is 0 Å². The molecule has 0 N–H and O–H groups in total. The number of carbonyl (C=O) groups is 3. The van der Waals surface area contributed by atoms with Gasteiger partial charge in [0.05, 0.1) is 24.6 Å². The predicted molar refractivity (Wildman–Crippen MR) is 112 cm³/mol. The molecule has 1 saturated carbocycles. The highest BCUT2D eigenvalue weighted by molar-refractivity contribution is 6.22. The number of para-hydroxylation sites is 2. The van der Waals surface area contributed by atoms with Gasteiger partial charge < -0.3 is 9.47 Å². The second kappa shape index (κ2) is 8.30. The minimum Gasteiger partial charge on any atom is -0.497 e. The number of ketones is 1. The van der Waals surface area contributed by atoms with E-state index in [9.17, 15) is 14.4 Å². The fraction of sp³-hybridized carbons (Fsp3) is 0.375. The van der Waals surface area contributed by atoms with Crippen LogP contribution in [-0.4, -0.2) is 31.3 Å². The van der Waals surface area contributed by atoms with Crippen molar-refractivity contribution in [1.29, 1.82) is 0 Å². The van der Waals surface area contributed by atoms with Crippen molar-refractivity contribution >= 4 is 23.3 Å². The number of hydrogen-bond acceptors (Lipinski definition) is 5. The highest BCUT2D eigenvalue weighted by Gasteiger charge is 2.50. The fourth-order valence-corrected chi connectivity index (χ4v) is 4.41. The molecule has 1 aliphatic carbocycles. The van der Waals surface area contributed by atoms with Crippen LogP contribution >= 0.6 is 0 Å². The van der Waals surface area contributed by atoms with Gasteiger partial charge in [0.15, 0.2) is 12.4 Å². The lowest BCUT2D eigenvalue weighted by Gasteiger charge is -2.25. The summed E-state index contributed by atoms with van der Waals surface area (Å²) in [6, 6.07) is 13.7. The number of fused-ring (bicyclic) bond motifs is 1. The Kier molecular flexibility index (Phi) is 5.57. The molecule has 156 valence electrons. The van der Waals surface area contributed by atoms with Crippen molar-refractivity contribution < 1.29 is 23.9 Å². The van der Waals surface area contributed by atoms with Crippen LogP contribution < -0.4 is 14.4 Å². The van der Waals surface area contributed by atoms with Gasteiger partial charge >= 0.3 is 0 Å². The summed E-state index contributed by atoms with van der Waals surface area (Å²) in [5.74, 6) is 0.334. The second-order valence-corrected chi connectivity index (χ2v) is 8.05. The molecule has 1 aliphatic heterocycles. The van der Waals surface area contributed by atoms with Gasteiger partial charge in [0, 0.05) is 5.56 Å². The van der Waals surface area contributed by atoms with Crippen LogP contribution in [0, 0.1) is 17.8 Å². The standard InChI is InChI=1S/C24H25NO5/c1-15-10-11-18-19(12-15)24(28)25(23(18)27)20-8-3-4-9-22(20)30-14-21(26)16-6-5-7-17(13-16)29-2/h3-9,13,15,18-19H,10-12,14H2,1-2H3/t15-,18-,19-/m0/s1. The Labute approximate surface area is 175 Å². The van der Waals surface area contributed by atoms with Crippen molar-refractivity contribution in [2.24, 2.45) is 17.8 Å². The third-order valence-electron chi connectivity index (χ3n) is 6.04. The number of nitrogens with zero attached hydrogens (tertiary/aromatic N) is 1. The molecule has 0 unspecified atom stereocenters. The molecule has 0 bridgehead atoms. The molecule has 6 nitrogen and oxygen atoms in total. The smallest absolute Gasteiger partial charge is 0.237 e. The Morgan fingerprint density at radius 3 is 2.60 bits per heavy atom. The van der Waals surface area contributed by atoms with Gasteiger partial charge in [-0.1, -0.05) is 31.2 Å². The van der Waals surface area contributed by atoms with Gasteiger partial charge in [-0.25, -0.2) is 4.90 Å². The van der Waals surface area contributed by atoms with E-state index in [0.29, 0.717) is 28.7 Å². The number of Topliss-reactive ketones (excluding diaryl/α,β-unsaturated/α-hetero) is 1. The molecule has 2 amide bonds. The summed E-state index contributed by atoms with van der Waals surface area (Å²) >= 11 is 0. The molecule has 30 heavy (non-hydrogen) atoms. The highest BCUT2D eigenvalue weighted by atomic mass is 16.5. The van der Waals surface area contributed by atoms with E-state index in [-0.39, 0.29) is 36.0 Å². The van der Waals surface area contributed by atoms with Crippen molar-refractivity contribution in [3.8, 4) is 11.5 Å². The number of imide groups is 1. The maximum absolute atomic E-state index is 13.0. The van der Waals surface area contributed by atoms with E-state index in [0.717, 1.165) is 19.3 Å². The molecule has 2 fully saturated rings. The molecule has 0 aromatic heterocycles. The van der Waals surface area contributed by atoms with Crippen molar-refractivity contribution in [1.82, 2.24) is 0 Å². The van der Waals surface area contributed by atoms with E-state index in [1.807, 2.05) is 0 Å². The first-order valence-electron chi connectivity index (χ1n) is 10.3. The Morgan fingerprint density at radius 2 is 1.80 bits per heavy atom. The summed E-state index contributed by atoms with van der Waals surface area (Å²) < 4.78 is 10.9. The van der Waals surface area contributed by atoms with Crippen LogP contribution in [-0.2, 0) is 9.59 Å². The molecular weight excluding hydrogens is 382 g/mol. The van der Waals surface area contributed by atoms with Crippen LogP contribution in [0.25, 0.3) is 0 Å². The number of benzene rings is 2. The Hall–Kier alpha value is -3.15. The lowest BCUT2D eigenvalue weighted by Crippen LogP contribution is -2.31. The van der Waals surface area contributed by atoms with Gasteiger partial charge in [-0.15, -0.1) is 0 Å². The minimum absolute atomic E-state index is 0.160. The second-order valence-electron chi connectivity index (χ2n) is 8.05. The maximum Gasteiger partial charge on any atom is 0.237 e. The first-order valence-corrected chi connectivity index (χ1v) is 10.3. The lowest BCUT2D eigenvalue weighted by molar-refractivity contribution is -0.122. The predicted octanol–water partition coefficient (Wildman–Crippen LogP) is 3.88. The van der Waals surface area contributed by atoms with Crippen LogP contribution in [0.5, 0.6) is 11.5 Å². The Bertz CT molecular complexity index is 985. The zero-order valence-electron chi connectivity index (χ0n) is 17.2. The summed E-state index contributed by atoms with van der Waals surface area (Å²) in [7, 11) is 1.54. The van der Waals surface area contributed by atoms with Crippen molar-refractivity contribution in [3.63, 3.8) is 0 Å². The molecule has 0 radical (unpaired) electrons. The number of carbonyl (C=O) groups excluding carboxylic acids is 3. The summed E-state index contributed by atoms with van der Waals surface area (Å²) in [6.07, 6.45) is 2.44. The summed E-state index contributed by atoms with van der Waals surface area (Å²) in [4.78, 5) is 39.9. The summed E-state index contributed by atoms with van der Waals surface area (Å²) in [5, 5.41) is 0. The van der Waals surface area contributed by atoms with Crippen molar-refractivity contribution in [3.05, 3.63) is 54.1 Å². The van der Waals surface area contributed by atoms with Gasteiger partial charge in [0.25, 0.3) is 0 Å². The average molecular weight is 407 g/mol. The van der Waals surface area contributed by atoms with Crippen molar-refractivity contribution in [2.45, 2.75) is 26.2 Å². The largest absolute Gasteiger partial charge is 0.497 e. The maximum atomic E-state index is 13.0. The Morgan fingerprint density at radius 1 is 1.03 bits per heavy atom. The zero-order chi connectivity index (χ0) is 21.3. The van der Waals surface area contributed by atoms with Crippen LogP contribution in [0.3, 0.4) is 0 Å². The normalized spacial score (nSPS) is 23.3. The van der Waals surface area contributed by atoms with Gasteiger partial charge in [0.2, 0.25) is 11.8 Å². The first kappa shape index (κ1) is 20.1. The van der Waals surface area contributed by atoms with Gasteiger partial charge in [-0.3, -0.25) is 14.4 Å². The van der Waals surface area contributed by atoms with E-state index in [1.54, 1.807) is 55.6 Å². The van der Waals surface area contributed by atoms with Gasteiger partial charge in [0.1, 0.15) is 11.5 Å². The molecule has 1 heterocycles. The van der Waals surface area contributed by atoms with E-state index < -0.39 is 0 Å². The van der Waals surface area contributed by atoms with Gasteiger partial charge in [-0.2, -0.15) is 0 Å². The van der Waals surface area contributed by atoms with Crippen LogP contribution in [0.4, 0.5) is 5.69 Å². The molecule has 0 spiro atoms. The molecule has 1 saturated heterocycles. The number of hydrogen-bond donors (Lipinski definition) is 0. The number of amides is 2. The summed E-state index contributed by atoms with van der Waals surface area (Å²) in [6.45, 7) is 1.92. The van der Waals surface area contributed by atoms with E-state index in [4.69, 9.17) is 9.47 Å². The molecule has 2 aliphatic rings. The first-order chi connectivity index (χ1) is 14.5.